The molecule has 0 radical (unpaired) electrons. The third kappa shape index (κ3) is 3.43. The van der Waals surface area contributed by atoms with Gasteiger partial charge in [0, 0.05) is 10.5 Å². The molecule has 2 rings (SSSR count). The molecule has 0 spiro atoms. The Morgan fingerprint density at radius 3 is 2.47 bits per heavy atom. The van der Waals surface area contributed by atoms with Crippen LogP contribution in [0.15, 0.2) is 40.9 Å². The second-order valence-electron chi connectivity index (χ2n) is 4.90. The summed E-state index contributed by atoms with van der Waals surface area (Å²) in [6.07, 6.45) is 0.741. The summed E-state index contributed by atoms with van der Waals surface area (Å²) in [6.45, 7) is 4.19. The first kappa shape index (κ1) is 14.2. The van der Waals surface area contributed by atoms with E-state index in [1.807, 2.05) is 0 Å². The highest BCUT2D eigenvalue weighted by Gasteiger charge is 2.11. The maximum absolute atomic E-state index is 13.1. The van der Waals surface area contributed by atoms with Crippen LogP contribution in [0.1, 0.15) is 28.3 Å². The van der Waals surface area contributed by atoms with Gasteiger partial charge in [-0.25, -0.2) is 4.39 Å². The molecule has 0 bridgehead atoms. The Balaban J connectivity index is 2.20. The van der Waals surface area contributed by atoms with Crippen molar-refractivity contribution >= 4 is 15.9 Å². The molecule has 19 heavy (non-hydrogen) atoms. The van der Waals surface area contributed by atoms with Crippen LogP contribution in [0.2, 0.25) is 0 Å². The minimum atomic E-state index is -0.256. The van der Waals surface area contributed by atoms with Crippen molar-refractivity contribution < 1.29 is 4.39 Å². The van der Waals surface area contributed by atoms with E-state index in [4.69, 9.17) is 5.73 Å². The van der Waals surface area contributed by atoms with Gasteiger partial charge in [0.05, 0.1) is 0 Å². The number of benzene rings is 2. The van der Waals surface area contributed by atoms with Crippen LogP contribution in [-0.4, -0.2) is 0 Å². The predicted octanol–water partition coefficient (Wildman–Crippen LogP) is 4.45. The zero-order chi connectivity index (χ0) is 14.0. The number of aryl methyl sites for hydroxylation is 2. The Labute approximate surface area is 121 Å². The van der Waals surface area contributed by atoms with Crippen LogP contribution in [0.4, 0.5) is 4.39 Å². The smallest absolute Gasteiger partial charge is 0.124 e. The summed E-state index contributed by atoms with van der Waals surface area (Å²) in [6, 6.07) is 10.9. The maximum Gasteiger partial charge on any atom is 0.124 e. The Bertz CT molecular complexity index is 595. The fraction of sp³-hybridized carbons (Fsp3) is 0.250. The average molecular weight is 322 g/mol. The van der Waals surface area contributed by atoms with Gasteiger partial charge < -0.3 is 5.73 Å². The zero-order valence-corrected chi connectivity index (χ0v) is 12.7. The number of hydrogen-bond acceptors (Lipinski definition) is 1. The van der Waals surface area contributed by atoms with E-state index >= 15 is 0 Å². The highest BCUT2D eigenvalue weighted by atomic mass is 79.9. The van der Waals surface area contributed by atoms with E-state index in [2.05, 4.69) is 48.0 Å². The van der Waals surface area contributed by atoms with Crippen molar-refractivity contribution in [3.63, 3.8) is 0 Å². The van der Waals surface area contributed by atoms with Crippen molar-refractivity contribution in [1.82, 2.24) is 0 Å². The van der Waals surface area contributed by atoms with Crippen LogP contribution in [0.5, 0.6) is 0 Å². The molecule has 0 aliphatic heterocycles. The molecule has 3 heteroatoms. The van der Waals surface area contributed by atoms with Gasteiger partial charge >= 0.3 is 0 Å². The number of hydrogen-bond donors (Lipinski definition) is 1. The summed E-state index contributed by atoms with van der Waals surface area (Å²) in [5.74, 6) is -0.256. The van der Waals surface area contributed by atoms with Gasteiger partial charge in [-0.2, -0.15) is 0 Å². The second kappa shape index (κ2) is 5.85. The molecule has 2 N–H and O–H groups in total. The molecule has 2 aromatic carbocycles. The first-order valence-corrected chi connectivity index (χ1v) is 7.03. The van der Waals surface area contributed by atoms with Gasteiger partial charge in [-0.3, -0.25) is 0 Å². The number of rotatable bonds is 3. The molecule has 1 unspecified atom stereocenters. The molecule has 100 valence electrons. The highest BCUT2D eigenvalue weighted by molar-refractivity contribution is 9.10. The van der Waals surface area contributed by atoms with Gasteiger partial charge in [0.25, 0.3) is 0 Å². The van der Waals surface area contributed by atoms with Crippen molar-refractivity contribution in [3.05, 3.63) is 68.9 Å². The van der Waals surface area contributed by atoms with Crippen molar-refractivity contribution in [2.75, 3.05) is 0 Å². The lowest BCUT2D eigenvalue weighted by atomic mass is 9.97. The minimum Gasteiger partial charge on any atom is -0.324 e. The largest absolute Gasteiger partial charge is 0.324 e. The van der Waals surface area contributed by atoms with Gasteiger partial charge in [0.2, 0.25) is 0 Å². The minimum absolute atomic E-state index is 0.142. The first-order chi connectivity index (χ1) is 8.97. The van der Waals surface area contributed by atoms with Crippen LogP contribution < -0.4 is 5.73 Å². The Kier molecular flexibility index (Phi) is 4.38. The monoisotopic (exact) mass is 321 g/mol. The van der Waals surface area contributed by atoms with Gasteiger partial charge in [-0.15, -0.1) is 0 Å². The quantitative estimate of drug-likeness (QED) is 0.888. The summed E-state index contributed by atoms with van der Waals surface area (Å²) in [7, 11) is 0. The molecule has 0 amide bonds. The molecule has 2 aromatic rings. The van der Waals surface area contributed by atoms with Crippen molar-refractivity contribution in [3.8, 4) is 0 Å². The van der Waals surface area contributed by atoms with Crippen molar-refractivity contribution in [2.24, 2.45) is 5.73 Å². The third-order valence-corrected chi connectivity index (χ3v) is 4.08. The molecule has 0 saturated carbocycles. The van der Waals surface area contributed by atoms with Crippen LogP contribution in [0.3, 0.4) is 0 Å². The van der Waals surface area contributed by atoms with Gasteiger partial charge in [-0.1, -0.05) is 40.2 Å². The lowest BCUT2D eigenvalue weighted by Crippen LogP contribution is -2.14. The van der Waals surface area contributed by atoms with Crippen molar-refractivity contribution in [1.29, 1.82) is 0 Å². The summed E-state index contributed by atoms with van der Waals surface area (Å²) >= 11 is 3.37. The van der Waals surface area contributed by atoms with Crippen LogP contribution in [0.25, 0.3) is 0 Å². The fourth-order valence-corrected chi connectivity index (χ4v) is 2.74. The number of nitrogens with two attached hydrogens (primary N) is 1. The maximum atomic E-state index is 13.1. The first-order valence-electron chi connectivity index (χ1n) is 6.24. The molecular weight excluding hydrogens is 305 g/mol. The predicted molar refractivity (Wildman–Crippen MR) is 80.6 cm³/mol. The lowest BCUT2D eigenvalue weighted by Gasteiger charge is -2.15. The van der Waals surface area contributed by atoms with E-state index in [0.29, 0.717) is 0 Å². The van der Waals surface area contributed by atoms with Crippen LogP contribution >= 0.6 is 15.9 Å². The Morgan fingerprint density at radius 1 is 1.11 bits per heavy atom. The fourth-order valence-electron chi connectivity index (χ4n) is 2.10. The second-order valence-corrected chi connectivity index (χ2v) is 5.75. The molecular formula is C16H17BrFN. The summed E-state index contributed by atoms with van der Waals surface area (Å²) in [4.78, 5) is 0. The van der Waals surface area contributed by atoms with Crippen LogP contribution in [-0.2, 0) is 6.42 Å². The van der Waals surface area contributed by atoms with Gasteiger partial charge in [0.15, 0.2) is 0 Å². The molecule has 0 fully saturated rings. The molecule has 1 atom stereocenters. The Morgan fingerprint density at radius 2 is 1.84 bits per heavy atom. The number of halogens is 2. The summed E-state index contributed by atoms with van der Waals surface area (Å²) < 4.78 is 13.8. The van der Waals surface area contributed by atoms with E-state index in [0.717, 1.165) is 16.5 Å². The highest BCUT2D eigenvalue weighted by Crippen LogP contribution is 2.25. The Hall–Kier alpha value is -1.19. The molecule has 0 heterocycles. The normalized spacial score (nSPS) is 12.5. The van der Waals surface area contributed by atoms with E-state index in [1.165, 1.54) is 28.8 Å². The molecule has 1 nitrogen and oxygen atoms in total. The van der Waals surface area contributed by atoms with Gasteiger partial charge in [-0.05, 0) is 54.7 Å². The third-order valence-electron chi connectivity index (χ3n) is 3.39. The van der Waals surface area contributed by atoms with Crippen LogP contribution in [0, 0.1) is 19.7 Å². The molecule has 0 aliphatic rings. The molecule has 0 aromatic heterocycles. The van der Waals surface area contributed by atoms with E-state index < -0.39 is 0 Å². The lowest BCUT2D eigenvalue weighted by molar-refractivity contribution is 0.623. The standard InChI is InChI=1S/C16H17BrFN/c1-10-3-4-12(7-11(10)2)8-16(19)14-6-5-13(18)9-15(14)17/h3-7,9,16H,8,19H2,1-2H3. The molecule has 0 aliphatic carbocycles. The SMILES string of the molecule is Cc1ccc(CC(N)c2ccc(F)cc2Br)cc1C. The van der Waals surface area contributed by atoms with E-state index in [1.54, 1.807) is 6.07 Å². The average Bonchev–Trinajstić information content (AvgIpc) is 2.33. The topological polar surface area (TPSA) is 26.0 Å². The van der Waals surface area contributed by atoms with Crippen molar-refractivity contribution in [2.45, 2.75) is 26.3 Å². The van der Waals surface area contributed by atoms with E-state index in [-0.39, 0.29) is 11.9 Å². The summed E-state index contributed by atoms with van der Waals surface area (Å²) in [5.41, 5.74) is 10.9. The summed E-state index contributed by atoms with van der Waals surface area (Å²) in [5, 5.41) is 0. The van der Waals surface area contributed by atoms with E-state index in [9.17, 15) is 4.39 Å². The zero-order valence-electron chi connectivity index (χ0n) is 11.1. The molecule has 0 saturated heterocycles. The van der Waals surface area contributed by atoms with Gasteiger partial charge in [0.1, 0.15) is 5.82 Å².